The van der Waals surface area contributed by atoms with Crippen molar-refractivity contribution in [2.24, 2.45) is 7.05 Å². The van der Waals surface area contributed by atoms with Gasteiger partial charge >= 0.3 is 0 Å². The fourth-order valence-corrected chi connectivity index (χ4v) is 3.68. The Morgan fingerprint density at radius 3 is 2.32 bits per heavy atom. The van der Waals surface area contributed by atoms with E-state index in [0.717, 1.165) is 16.7 Å². The molecular weight excluding hydrogens is 374 g/mol. The Morgan fingerprint density at radius 2 is 1.68 bits per heavy atom. The zero-order valence-electron chi connectivity index (χ0n) is 16.4. The van der Waals surface area contributed by atoms with Crippen LogP contribution in [0.4, 0.5) is 0 Å². The predicted molar refractivity (Wildman–Crippen MR) is 110 cm³/mol. The molecule has 2 aromatic carbocycles. The van der Waals surface area contributed by atoms with Crippen LogP contribution in [0.5, 0.6) is 5.75 Å². The van der Waals surface area contributed by atoms with Gasteiger partial charge in [-0.3, -0.25) is 4.79 Å². The number of pyridine rings is 1. The highest BCUT2D eigenvalue weighted by Gasteiger charge is 2.13. The van der Waals surface area contributed by atoms with Crippen molar-refractivity contribution in [2.75, 3.05) is 6.26 Å². The smallest absolute Gasteiger partial charge is 0.253 e. The maximum absolute atomic E-state index is 12.2. The third-order valence-corrected chi connectivity index (χ3v) is 5.75. The van der Waals surface area contributed by atoms with Crippen molar-refractivity contribution in [3.8, 4) is 16.9 Å². The third-order valence-electron chi connectivity index (χ3n) is 4.66. The minimum atomic E-state index is -3.42. The van der Waals surface area contributed by atoms with Gasteiger partial charge in [0.2, 0.25) is 0 Å². The Labute approximate surface area is 165 Å². The summed E-state index contributed by atoms with van der Waals surface area (Å²) < 4.78 is 31.8. The van der Waals surface area contributed by atoms with Gasteiger partial charge in [-0.15, -0.1) is 0 Å². The lowest BCUT2D eigenvalue weighted by molar-refractivity contribution is 0.305. The molecule has 3 aromatic rings. The Kier molecular flexibility index (Phi) is 5.42. The number of nitrogens with zero attached hydrogens (tertiary/aromatic N) is 1. The molecule has 3 rings (SSSR count). The van der Waals surface area contributed by atoms with Crippen LogP contribution in [-0.4, -0.2) is 19.2 Å². The predicted octanol–water partition coefficient (Wildman–Crippen LogP) is 3.65. The van der Waals surface area contributed by atoms with Crippen LogP contribution < -0.4 is 10.3 Å². The van der Waals surface area contributed by atoms with Crippen LogP contribution in [0.3, 0.4) is 0 Å². The van der Waals surface area contributed by atoms with E-state index in [-0.39, 0.29) is 10.5 Å². The summed E-state index contributed by atoms with van der Waals surface area (Å²) in [6.45, 7) is 4.08. The second-order valence-corrected chi connectivity index (χ2v) is 9.02. The Bertz CT molecular complexity index is 1170. The van der Waals surface area contributed by atoms with Gasteiger partial charge in [0.05, 0.1) is 4.90 Å². The molecule has 0 unspecified atom stereocenters. The SMILES string of the molecule is Cc1ccccc1COc1cc(-c2cc(C)c(=O)n(C)c2)cc(S(C)(=O)=O)c1. The lowest BCUT2D eigenvalue weighted by atomic mass is 10.1. The number of benzene rings is 2. The molecule has 0 amide bonds. The lowest BCUT2D eigenvalue weighted by Gasteiger charge is -2.13. The second kappa shape index (κ2) is 7.64. The van der Waals surface area contributed by atoms with Gasteiger partial charge in [0.25, 0.3) is 5.56 Å². The summed E-state index contributed by atoms with van der Waals surface area (Å²) in [6.07, 6.45) is 2.87. The first-order chi connectivity index (χ1) is 13.1. The maximum atomic E-state index is 12.2. The van der Waals surface area contributed by atoms with E-state index in [9.17, 15) is 13.2 Å². The molecule has 1 heterocycles. The Morgan fingerprint density at radius 1 is 0.964 bits per heavy atom. The molecule has 0 atom stereocenters. The highest BCUT2D eigenvalue weighted by Crippen LogP contribution is 2.29. The molecule has 0 N–H and O–H groups in total. The largest absolute Gasteiger partial charge is 0.489 e. The number of sulfone groups is 1. The van der Waals surface area contributed by atoms with Crippen molar-refractivity contribution in [1.82, 2.24) is 4.57 Å². The molecule has 28 heavy (non-hydrogen) atoms. The molecule has 0 radical (unpaired) electrons. The summed E-state index contributed by atoms with van der Waals surface area (Å²) in [6, 6.07) is 14.6. The van der Waals surface area contributed by atoms with Gasteiger partial charge in [0.15, 0.2) is 9.84 Å². The molecule has 0 aliphatic heterocycles. The van der Waals surface area contributed by atoms with Gasteiger partial charge in [0.1, 0.15) is 12.4 Å². The van der Waals surface area contributed by atoms with Crippen LogP contribution in [-0.2, 0) is 23.5 Å². The number of aromatic nitrogens is 1. The van der Waals surface area contributed by atoms with Gasteiger partial charge in [-0.1, -0.05) is 24.3 Å². The summed E-state index contributed by atoms with van der Waals surface area (Å²) in [7, 11) is -1.75. The van der Waals surface area contributed by atoms with Crippen molar-refractivity contribution in [3.05, 3.63) is 81.8 Å². The van der Waals surface area contributed by atoms with Crippen LogP contribution in [0.15, 0.2) is 64.4 Å². The van der Waals surface area contributed by atoms with Gasteiger partial charge in [-0.2, -0.15) is 0 Å². The fourth-order valence-electron chi connectivity index (χ4n) is 3.00. The van der Waals surface area contributed by atoms with E-state index in [1.165, 1.54) is 16.9 Å². The average Bonchev–Trinajstić information content (AvgIpc) is 2.64. The summed E-state index contributed by atoms with van der Waals surface area (Å²) in [5.74, 6) is 0.465. The summed E-state index contributed by atoms with van der Waals surface area (Å²) in [5.41, 5.74) is 4.08. The van der Waals surface area contributed by atoms with Gasteiger partial charge in [-0.05, 0) is 60.4 Å². The van der Waals surface area contributed by atoms with E-state index >= 15 is 0 Å². The summed E-state index contributed by atoms with van der Waals surface area (Å²) in [4.78, 5) is 12.2. The quantitative estimate of drug-likeness (QED) is 0.659. The normalized spacial score (nSPS) is 11.4. The number of hydrogen-bond donors (Lipinski definition) is 0. The first-order valence-corrected chi connectivity index (χ1v) is 10.7. The molecule has 146 valence electrons. The average molecular weight is 397 g/mol. The molecule has 0 saturated heterocycles. The van der Waals surface area contributed by atoms with Crippen molar-refractivity contribution in [2.45, 2.75) is 25.3 Å². The van der Waals surface area contributed by atoms with Crippen LogP contribution in [0.25, 0.3) is 11.1 Å². The van der Waals surface area contributed by atoms with Crippen LogP contribution in [0, 0.1) is 13.8 Å². The third kappa shape index (κ3) is 4.34. The van der Waals surface area contributed by atoms with E-state index in [1.54, 1.807) is 38.4 Å². The van der Waals surface area contributed by atoms with E-state index < -0.39 is 9.84 Å². The van der Waals surface area contributed by atoms with Gasteiger partial charge in [0, 0.05) is 25.1 Å². The molecule has 1 aromatic heterocycles. The molecule has 0 fully saturated rings. The molecule has 6 heteroatoms. The lowest BCUT2D eigenvalue weighted by Crippen LogP contribution is -2.18. The Balaban J connectivity index is 2.05. The first kappa shape index (κ1) is 19.9. The Hall–Kier alpha value is -2.86. The summed E-state index contributed by atoms with van der Waals surface area (Å²) >= 11 is 0. The minimum absolute atomic E-state index is 0.0842. The molecule has 0 aliphatic rings. The molecule has 0 aliphatic carbocycles. The van der Waals surface area contributed by atoms with E-state index in [4.69, 9.17) is 4.74 Å². The molecule has 5 nitrogen and oxygen atoms in total. The first-order valence-electron chi connectivity index (χ1n) is 8.85. The molecule has 0 saturated carbocycles. The van der Waals surface area contributed by atoms with Crippen LogP contribution in [0.1, 0.15) is 16.7 Å². The number of ether oxygens (including phenoxy) is 1. The highest BCUT2D eigenvalue weighted by molar-refractivity contribution is 7.90. The zero-order chi connectivity index (χ0) is 20.5. The van der Waals surface area contributed by atoms with Crippen LogP contribution in [0.2, 0.25) is 0 Å². The van der Waals surface area contributed by atoms with Crippen LogP contribution >= 0.6 is 0 Å². The van der Waals surface area contributed by atoms with Crippen molar-refractivity contribution >= 4 is 9.84 Å². The fraction of sp³-hybridized carbons (Fsp3) is 0.227. The minimum Gasteiger partial charge on any atom is -0.489 e. The van der Waals surface area contributed by atoms with E-state index in [1.807, 2.05) is 31.2 Å². The molecule has 0 bridgehead atoms. The molecular formula is C22H23NO4S. The zero-order valence-corrected chi connectivity index (χ0v) is 17.2. The number of aryl methyl sites for hydroxylation is 3. The van der Waals surface area contributed by atoms with E-state index in [0.29, 0.717) is 23.5 Å². The maximum Gasteiger partial charge on any atom is 0.253 e. The second-order valence-electron chi connectivity index (χ2n) is 7.01. The number of rotatable bonds is 5. The van der Waals surface area contributed by atoms with Crippen molar-refractivity contribution in [1.29, 1.82) is 0 Å². The summed E-state index contributed by atoms with van der Waals surface area (Å²) in [5, 5.41) is 0. The highest BCUT2D eigenvalue weighted by atomic mass is 32.2. The number of hydrogen-bond acceptors (Lipinski definition) is 4. The monoisotopic (exact) mass is 397 g/mol. The standard InChI is InChI=1S/C22H23NO4S/c1-15-7-5-6-8-17(15)14-27-20-10-18(11-21(12-20)28(4,25)26)19-9-16(2)22(24)23(3)13-19/h5-13H,14H2,1-4H3. The topological polar surface area (TPSA) is 65.4 Å². The van der Waals surface area contributed by atoms with E-state index in [2.05, 4.69) is 0 Å². The molecule has 0 spiro atoms. The van der Waals surface area contributed by atoms with Gasteiger partial charge in [-0.25, -0.2) is 8.42 Å². The van der Waals surface area contributed by atoms with Gasteiger partial charge < -0.3 is 9.30 Å². The van der Waals surface area contributed by atoms with Crippen molar-refractivity contribution < 1.29 is 13.2 Å². The van der Waals surface area contributed by atoms with Crippen molar-refractivity contribution in [3.63, 3.8) is 0 Å².